The maximum absolute atomic E-state index is 5.06. The summed E-state index contributed by atoms with van der Waals surface area (Å²) in [4.78, 5) is 10.1. The SMILES string of the molecule is Cc1c(-c2ccc(-c3cc(-c4ccccc4)nc(-c4ccc5ccccc5c4)n3)cc2)ccc2ccccc12. The van der Waals surface area contributed by atoms with E-state index in [1.165, 1.54) is 38.2 Å². The van der Waals surface area contributed by atoms with Crippen LogP contribution in [0.15, 0.2) is 140 Å². The van der Waals surface area contributed by atoms with Crippen LogP contribution in [0.3, 0.4) is 0 Å². The second kappa shape index (κ2) is 9.66. The molecular formula is C37H26N2. The van der Waals surface area contributed by atoms with Gasteiger partial charge in [0.05, 0.1) is 11.4 Å². The number of hydrogen-bond donors (Lipinski definition) is 0. The van der Waals surface area contributed by atoms with E-state index in [4.69, 9.17) is 9.97 Å². The van der Waals surface area contributed by atoms with Gasteiger partial charge in [-0.1, -0.05) is 127 Å². The summed E-state index contributed by atoms with van der Waals surface area (Å²) in [7, 11) is 0. The maximum Gasteiger partial charge on any atom is 0.160 e. The maximum atomic E-state index is 5.06. The van der Waals surface area contributed by atoms with E-state index in [1.54, 1.807) is 0 Å². The van der Waals surface area contributed by atoms with Crippen molar-refractivity contribution in [1.29, 1.82) is 0 Å². The fraction of sp³-hybridized carbons (Fsp3) is 0.0270. The van der Waals surface area contributed by atoms with Crippen LogP contribution < -0.4 is 0 Å². The first-order valence-electron chi connectivity index (χ1n) is 13.3. The molecule has 0 atom stereocenters. The minimum Gasteiger partial charge on any atom is -0.228 e. The third-order valence-electron chi connectivity index (χ3n) is 7.49. The fourth-order valence-corrected chi connectivity index (χ4v) is 5.37. The standard InChI is InChI=1S/C37H26N2/c1-25-33-14-8-7-10-27(33)21-22-34(25)28-16-18-30(19-17-28)36-24-35(29-11-3-2-4-12-29)38-37(39-36)32-20-15-26-9-5-6-13-31(26)23-32/h2-24H,1H3. The Balaban J connectivity index is 1.33. The summed E-state index contributed by atoms with van der Waals surface area (Å²) in [5.41, 5.74) is 8.74. The van der Waals surface area contributed by atoms with Crippen molar-refractivity contribution in [3.05, 3.63) is 145 Å². The molecule has 0 N–H and O–H groups in total. The topological polar surface area (TPSA) is 25.8 Å². The zero-order valence-corrected chi connectivity index (χ0v) is 21.7. The predicted octanol–water partition coefficient (Wildman–Crippen LogP) is 9.76. The van der Waals surface area contributed by atoms with E-state index in [9.17, 15) is 0 Å². The Kier molecular flexibility index (Phi) is 5.71. The second-order valence-corrected chi connectivity index (χ2v) is 9.93. The van der Waals surface area contributed by atoms with Gasteiger partial charge in [0, 0.05) is 16.7 Å². The first kappa shape index (κ1) is 23.1. The average Bonchev–Trinajstić information content (AvgIpc) is 3.01. The molecule has 0 saturated carbocycles. The van der Waals surface area contributed by atoms with E-state index in [1.807, 2.05) is 18.2 Å². The fourth-order valence-electron chi connectivity index (χ4n) is 5.37. The predicted molar refractivity (Wildman–Crippen MR) is 164 cm³/mol. The number of fused-ring (bicyclic) bond motifs is 2. The molecule has 0 saturated heterocycles. The second-order valence-electron chi connectivity index (χ2n) is 9.93. The van der Waals surface area contributed by atoms with Crippen molar-refractivity contribution in [3.63, 3.8) is 0 Å². The molecule has 7 rings (SSSR count). The van der Waals surface area contributed by atoms with Crippen LogP contribution in [0.4, 0.5) is 0 Å². The highest BCUT2D eigenvalue weighted by atomic mass is 14.9. The van der Waals surface area contributed by atoms with Crippen LogP contribution >= 0.6 is 0 Å². The van der Waals surface area contributed by atoms with E-state index >= 15 is 0 Å². The highest BCUT2D eigenvalue weighted by molar-refractivity contribution is 5.92. The molecular weight excluding hydrogens is 472 g/mol. The molecule has 6 aromatic carbocycles. The van der Waals surface area contributed by atoms with Crippen LogP contribution in [-0.4, -0.2) is 9.97 Å². The molecule has 7 aromatic rings. The molecule has 0 radical (unpaired) electrons. The third kappa shape index (κ3) is 4.36. The lowest BCUT2D eigenvalue weighted by molar-refractivity contribution is 1.18. The summed E-state index contributed by atoms with van der Waals surface area (Å²) in [6.45, 7) is 2.21. The van der Waals surface area contributed by atoms with Crippen LogP contribution in [0, 0.1) is 6.92 Å². The largest absolute Gasteiger partial charge is 0.228 e. The lowest BCUT2D eigenvalue weighted by Crippen LogP contribution is -1.96. The molecule has 0 unspecified atom stereocenters. The molecule has 0 aliphatic heterocycles. The molecule has 0 aliphatic rings. The monoisotopic (exact) mass is 498 g/mol. The van der Waals surface area contributed by atoms with E-state index in [0.29, 0.717) is 0 Å². The van der Waals surface area contributed by atoms with Crippen molar-refractivity contribution in [3.8, 4) is 45.0 Å². The summed E-state index contributed by atoms with van der Waals surface area (Å²) in [5.74, 6) is 0.728. The summed E-state index contributed by atoms with van der Waals surface area (Å²) in [5, 5.41) is 4.95. The molecule has 184 valence electrons. The summed E-state index contributed by atoms with van der Waals surface area (Å²) in [6.07, 6.45) is 0. The zero-order valence-electron chi connectivity index (χ0n) is 21.7. The van der Waals surface area contributed by atoms with Crippen LogP contribution in [0.1, 0.15) is 5.56 Å². The first-order chi connectivity index (χ1) is 19.2. The van der Waals surface area contributed by atoms with Crippen molar-refractivity contribution in [1.82, 2.24) is 9.97 Å². The number of benzene rings is 6. The Morgan fingerprint density at radius 3 is 1.74 bits per heavy atom. The first-order valence-corrected chi connectivity index (χ1v) is 13.3. The zero-order chi connectivity index (χ0) is 26.2. The van der Waals surface area contributed by atoms with Crippen LogP contribution in [0.2, 0.25) is 0 Å². The summed E-state index contributed by atoms with van der Waals surface area (Å²) < 4.78 is 0. The lowest BCUT2D eigenvalue weighted by atomic mass is 9.94. The Morgan fingerprint density at radius 1 is 0.410 bits per heavy atom. The number of nitrogens with zero attached hydrogens (tertiary/aromatic N) is 2. The van der Waals surface area contributed by atoms with Crippen molar-refractivity contribution < 1.29 is 0 Å². The van der Waals surface area contributed by atoms with Crippen LogP contribution in [0.25, 0.3) is 66.6 Å². The molecule has 2 heteroatoms. The number of rotatable bonds is 4. The molecule has 0 aliphatic carbocycles. The van der Waals surface area contributed by atoms with Gasteiger partial charge in [-0.3, -0.25) is 0 Å². The van der Waals surface area contributed by atoms with E-state index in [-0.39, 0.29) is 0 Å². The number of hydrogen-bond acceptors (Lipinski definition) is 2. The Hall–Kier alpha value is -5.08. The van der Waals surface area contributed by atoms with E-state index in [0.717, 1.165) is 33.9 Å². The van der Waals surface area contributed by atoms with Gasteiger partial charge in [-0.05, 0) is 57.3 Å². The van der Waals surface area contributed by atoms with Gasteiger partial charge in [0.1, 0.15) is 0 Å². The van der Waals surface area contributed by atoms with Gasteiger partial charge in [-0.2, -0.15) is 0 Å². The molecule has 0 fully saturated rings. The molecule has 2 nitrogen and oxygen atoms in total. The summed E-state index contributed by atoms with van der Waals surface area (Å²) >= 11 is 0. The van der Waals surface area contributed by atoms with E-state index in [2.05, 4.69) is 128 Å². The Bertz CT molecular complexity index is 1960. The average molecular weight is 499 g/mol. The minimum absolute atomic E-state index is 0.728. The summed E-state index contributed by atoms with van der Waals surface area (Å²) in [6, 6.07) is 49.0. The van der Waals surface area contributed by atoms with Gasteiger partial charge >= 0.3 is 0 Å². The molecule has 1 heterocycles. The highest BCUT2D eigenvalue weighted by Gasteiger charge is 2.12. The van der Waals surface area contributed by atoms with Gasteiger partial charge in [-0.25, -0.2) is 9.97 Å². The van der Waals surface area contributed by atoms with Crippen molar-refractivity contribution >= 4 is 21.5 Å². The molecule has 0 spiro atoms. The molecule has 0 amide bonds. The van der Waals surface area contributed by atoms with Gasteiger partial charge in [0.15, 0.2) is 5.82 Å². The quantitative estimate of drug-likeness (QED) is 0.241. The van der Waals surface area contributed by atoms with E-state index < -0.39 is 0 Å². The minimum atomic E-state index is 0.728. The molecule has 39 heavy (non-hydrogen) atoms. The molecule has 0 bridgehead atoms. The van der Waals surface area contributed by atoms with Gasteiger partial charge in [0.25, 0.3) is 0 Å². The number of aryl methyl sites for hydroxylation is 1. The van der Waals surface area contributed by atoms with Gasteiger partial charge < -0.3 is 0 Å². The van der Waals surface area contributed by atoms with Gasteiger partial charge in [0.2, 0.25) is 0 Å². The van der Waals surface area contributed by atoms with Gasteiger partial charge in [-0.15, -0.1) is 0 Å². The highest BCUT2D eigenvalue weighted by Crippen LogP contribution is 2.33. The van der Waals surface area contributed by atoms with Crippen molar-refractivity contribution in [2.75, 3.05) is 0 Å². The third-order valence-corrected chi connectivity index (χ3v) is 7.49. The number of aromatic nitrogens is 2. The van der Waals surface area contributed by atoms with Crippen LogP contribution in [-0.2, 0) is 0 Å². The van der Waals surface area contributed by atoms with Crippen LogP contribution in [0.5, 0.6) is 0 Å². The van der Waals surface area contributed by atoms with Crippen molar-refractivity contribution in [2.45, 2.75) is 6.92 Å². The Labute approximate surface area is 228 Å². The van der Waals surface area contributed by atoms with Crippen molar-refractivity contribution in [2.24, 2.45) is 0 Å². The molecule has 1 aromatic heterocycles. The smallest absolute Gasteiger partial charge is 0.160 e. The Morgan fingerprint density at radius 2 is 0.974 bits per heavy atom. The lowest BCUT2D eigenvalue weighted by Gasteiger charge is -2.12. The normalized spacial score (nSPS) is 11.2.